The standard InChI is InChI=1S/C9H16N2O3/c1-7(5-9(12)13)8-3-2-4-11(6-8)10-14/h7-8H,2-6H2,1H3,(H,12,13). The summed E-state index contributed by atoms with van der Waals surface area (Å²) in [5, 5.41) is 13.0. The zero-order chi connectivity index (χ0) is 10.6. The molecular formula is C9H16N2O3. The summed E-state index contributed by atoms with van der Waals surface area (Å²) in [6.07, 6.45) is 2.11. The van der Waals surface area contributed by atoms with Crippen molar-refractivity contribution in [3.05, 3.63) is 4.91 Å². The molecule has 1 aliphatic rings. The van der Waals surface area contributed by atoms with Crippen LogP contribution in [0.25, 0.3) is 0 Å². The lowest BCUT2D eigenvalue weighted by Gasteiger charge is -2.31. The molecule has 0 aromatic heterocycles. The number of nitroso groups, excluding NO2 is 1. The first kappa shape index (κ1) is 10.9. The molecule has 0 aromatic rings. The van der Waals surface area contributed by atoms with Crippen LogP contribution in [-0.4, -0.2) is 29.2 Å². The summed E-state index contributed by atoms with van der Waals surface area (Å²) in [6.45, 7) is 3.24. The van der Waals surface area contributed by atoms with Crippen LogP contribution >= 0.6 is 0 Å². The van der Waals surface area contributed by atoms with Crippen molar-refractivity contribution >= 4 is 5.97 Å². The van der Waals surface area contributed by atoms with Crippen molar-refractivity contribution < 1.29 is 9.90 Å². The zero-order valence-corrected chi connectivity index (χ0v) is 8.35. The van der Waals surface area contributed by atoms with E-state index in [4.69, 9.17) is 5.11 Å². The number of carboxylic acid groups (broad SMARTS) is 1. The highest BCUT2D eigenvalue weighted by Gasteiger charge is 2.25. The Morgan fingerprint density at radius 1 is 1.71 bits per heavy atom. The molecule has 0 spiro atoms. The second-order valence-corrected chi connectivity index (χ2v) is 3.97. The molecule has 0 saturated carbocycles. The number of nitrogens with zero attached hydrogens (tertiary/aromatic N) is 2. The summed E-state index contributed by atoms with van der Waals surface area (Å²) in [7, 11) is 0. The van der Waals surface area contributed by atoms with Crippen molar-refractivity contribution in [2.45, 2.75) is 26.2 Å². The van der Waals surface area contributed by atoms with Crippen LogP contribution < -0.4 is 0 Å². The van der Waals surface area contributed by atoms with Crippen molar-refractivity contribution in [3.63, 3.8) is 0 Å². The second-order valence-electron chi connectivity index (χ2n) is 3.97. The van der Waals surface area contributed by atoms with Gasteiger partial charge < -0.3 is 5.11 Å². The molecule has 1 saturated heterocycles. The van der Waals surface area contributed by atoms with Gasteiger partial charge >= 0.3 is 5.97 Å². The van der Waals surface area contributed by atoms with Gasteiger partial charge in [0.05, 0.1) is 5.29 Å². The SMILES string of the molecule is CC(CC(=O)O)C1CCCN(N=O)C1. The minimum Gasteiger partial charge on any atom is -0.481 e. The average Bonchev–Trinajstić information content (AvgIpc) is 2.17. The van der Waals surface area contributed by atoms with Crippen LogP contribution in [-0.2, 0) is 4.79 Å². The fourth-order valence-electron chi connectivity index (χ4n) is 1.97. The molecule has 1 heterocycles. The third-order valence-corrected chi connectivity index (χ3v) is 2.85. The number of hydrogen-bond donors (Lipinski definition) is 1. The highest BCUT2D eigenvalue weighted by Crippen LogP contribution is 2.25. The monoisotopic (exact) mass is 200 g/mol. The second kappa shape index (κ2) is 4.93. The van der Waals surface area contributed by atoms with Crippen molar-refractivity contribution in [2.24, 2.45) is 17.1 Å². The molecule has 2 atom stereocenters. The van der Waals surface area contributed by atoms with E-state index in [1.807, 2.05) is 6.92 Å². The van der Waals surface area contributed by atoms with Gasteiger partial charge in [-0.1, -0.05) is 6.92 Å². The summed E-state index contributed by atoms with van der Waals surface area (Å²) in [5.41, 5.74) is 0. The number of piperidine rings is 1. The van der Waals surface area contributed by atoms with Gasteiger partial charge in [-0.25, -0.2) is 0 Å². The van der Waals surface area contributed by atoms with Gasteiger partial charge in [0, 0.05) is 19.5 Å². The van der Waals surface area contributed by atoms with E-state index in [0.29, 0.717) is 13.1 Å². The van der Waals surface area contributed by atoms with Crippen LogP contribution in [0.3, 0.4) is 0 Å². The Labute approximate surface area is 83.0 Å². The molecule has 0 radical (unpaired) electrons. The first-order valence-corrected chi connectivity index (χ1v) is 4.93. The third kappa shape index (κ3) is 2.97. The third-order valence-electron chi connectivity index (χ3n) is 2.85. The fourth-order valence-corrected chi connectivity index (χ4v) is 1.97. The van der Waals surface area contributed by atoms with Gasteiger partial charge in [0.25, 0.3) is 0 Å². The van der Waals surface area contributed by atoms with E-state index < -0.39 is 5.97 Å². The summed E-state index contributed by atoms with van der Waals surface area (Å²) in [5.74, 6) is -0.358. The van der Waals surface area contributed by atoms with Gasteiger partial charge in [0.1, 0.15) is 0 Å². The fraction of sp³-hybridized carbons (Fsp3) is 0.889. The lowest BCUT2D eigenvalue weighted by atomic mass is 9.85. The van der Waals surface area contributed by atoms with Crippen molar-refractivity contribution in [1.82, 2.24) is 5.01 Å². The van der Waals surface area contributed by atoms with Gasteiger partial charge in [0.2, 0.25) is 0 Å². The van der Waals surface area contributed by atoms with Gasteiger partial charge in [-0.2, -0.15) is 0 Å². The largest absolute Gasteiger partial charge is 0.481 e. The molecule has 1 aliphatic heterocycles. The summed E-state index contributed by atoms with van der Waals surface area (Å²) >= 11 is 0. The Morgan fingerprint density at radius 3 is 3.00 bits per heavy atom. The van der Waals surface area contributed by atoms with E-state index in [1.165, 1.54) is 5.01 Å². The molecule has 1 rings (SSSR count). The first-order valence-electron chi connectivity index (χ1n) is 4.93. The van der Waals surface area contributed by atoms with Crippen molar-refractivity contribution in [1.29, 1.82) is 0 Å². The molecule has 5 nitrogen and oxygen atoms in total. The molecule has 2 unspecified atom stereocenters. The number of aliphatic carboxylic acids is 1. The van der Waals surface area contributed by atoms with Crippen LogP contribution in [0, 0.1) is 16.7 Å². The number of hydrogen-bond acceptors (Lipinski definition) is 3. The molecule has 14 heavy (non-hydrogen) atoms. The van der Waals surface area contributed by atoms with E-state index in [2.05, 4.69) is 5.29 Å². The highest BCUT2D eigenvalue weighted by atomic mass is 16.4. The van der Waals surface area contributed by atoms with Crippen LogP contribution in [0.15, 0.2) is 5.29 Å². The van der Waals surface area contributed by atoms with Crippen LogP contribution in [0.5, 0.6) is 0 Å². The lowest BCUT2D eigenvalue weighted by Crippen LogP contribution is -2.34. The molecule has 0 aliphatic carbocycles. The Kier molecular flexibility index (Phi) is 3.85. The molecule has 0 bridgehead atoms. The molecule has 80 valence electrons. The minimum atomic E-state index is -0.770. The van der Waals surface area contributed by atoms with Crippen molar-refractivity contribution in [3.8, 4) is 0 Å². The summed E-state index contributed by atoms with van der Waals surface area (Å²) < 4.78 is 0. The number of carbonyl (C=O) groups is 1. The van der Waals surface area contributed by atoms with Crippen LogP contribution in [0.4, 0.5) is 0 Å². The molecule has 1 N–H and O–H groups in total. The van der Waals surface area contributed by atoms with Gasteiger partial charge in [0.15, 0.2) is 0 Å². The summed E-state index contributed by atoms with van der Waals surface area (Å²) in [6, 6.07) is 0. The van der Waals surface area contributed by atoms with E-state index in [1.54, 1.807) is 0 Å². The first-order chi connectivity index (χ1) is 6.63. The molecule has 0 aromatic carbocycles. The number of carboxylic acids is 1. The topological polar surface area (TPSA) is 70.0 Å². The molecule has 5 heteroatoms. The molecular weight excluding hydrogens is 184 g/mol. The minimum absolute atomic E-state index is 0.122. The van der Waals surface area contributed by atoms with E-state index in [9.17, 15) is 9.70 Å². The maximum absolute atomic E-state index is 10.5. The highest BCUT2D eigenvalue weighted by molar-refractivity contribution is 5.66. The van der Waals surface area contributed by atoms with Crippen LogP contribution in [0.2, 0.25) is 0 Å². The average molecular weight is 200 g/mol. The zero-order valence-electron chi connectivity index (χ0n) is 8.35. The Bertz CT molecular complexity index is 220. The lowest BCUT2D eigenvalue weighted by molar-refractivity contribution is -0.138. The smallest absolute Gasteiger partial charge is 0.303 e. The van der Waals surface area contributed by atoms with Crippen molar-refractivity contribution in [2.75, 3.05) is 13.1 Å². The van der Waals surface area contributed by atoms with E-state index in [-0.39, 0.29) is 18.3 Å². The predicted octanol–water partition coefficient (Wildman–Crippen LogP) is 1.49. The Hall–Kier alpha value is -1.13. The Morgan fingerprint density at radius 2 is 2.43 bits per heavy atom. The van der Waals surface area contributed by atoms with Crippen LogP contribution in [0.1, 0.15) is 26.2 Å². The van der Waals surface area contributed by atoms with Gasteiger partial charge in [-0.15, -0.1) is 4.91 Å². The predicted molar refractivity (Wildman–Crippen MR) is 51.5 cm³/mol. The van der Waals surface area contributed by atoms with E-state index in [0.717, 1.165) is 12.8 Å². The normalized spacial score (nSPS) is 24.4. The molecule has 0 amide bonds. The Balaban J connectivity index is 2.42. The number of rotatable bonds is 4. The summed E-state index contributed by atoms with van der Waals surface area (Å²) in [4.78, 5) is 20.8. The quantitative estimate of drug-likeness (QED) is 0.698. The maximum Gasteiger partial charge on any atom is 0.303 e. The van der Waals surface area contributed by atoms with Gasteiger partial charge in [-0.05, 0) is 24.7 Å². The van der Waals surface area contributed by atoms with E-state index >= 15 is 0 Å². The maximum atomic E-state index is 10.5. The molecule has 1 fully saturated rings. The van der Waals surface area contributed by atoms with Gasteiger partial charge in [-0.3, -0.25) is 9.80 Å².